The highest BCUT2D eigenvalue weighted by Gasteiger charge is 2.44. The van der Waals surface area contributed by atoms with Gasteiger partial charge >= 0.3 is 0 Å². The van der Waals surface area contributed by atoms with Crippen molar-refractivity contribution in [2.75, 3.05) is 65.4 Å². The number of nitrogens with zero attached hydrogens (tertiary/aromatic N) is 11. The normalized spacial score (nSPS) is 22.3. The SMILES string of the molecule is CC(=O)N1CCc2c(c(N3CCCc4cc(-c5cnn(C)c5)c(C(F)F)cc43)nn2C2CCC(CC3CCN(c4ccc(N5CCC6(CC5)C[C@H](C)N(c5ccc(C#N)c(Cl)c5)C6)cc4C#N)CC3)CC2)C1. The molecule has 12 nitrogen and oxygen atoms in total. The van der Waals surface area contributed by atoms with Crippen LogP contribution in [-0.2, 0) is 31.2 Å². The Morgan fingerprint density at radius 1 is 0.861 bits per heavy atom. The van der Waals surface area contributed by atoms with Gasteiger partial charge in [0.25, 0.3) is 6.43 Å². The summed E-state index contributed by atoms with van der Waals surface area (Å²) in [5, 5.41) is 30.0. The molecule has 0 radical (unpaired) electrons. The van der Waals surface area contributed by atoms with Crippen molar-refractivity contribution in [3.63, 3.8) is 0 Å². The number of hydrogen-bond acceptors (Lipinski definition) is 9. The molecule has 5 aromatic rings. The molecule has 1 amide bonds. The lowest BCUT2D eigenvalue weighted by Gasteiger charge is -2.41. The molecule has 15 heteroatoms. The number of aromatic nitrogens is 4. The molecule has 376 valence electrons. The number of carbonyl (C=O) groups is 1. The summed E-state index contributed by atoms with van der Waals surface area (Å²) in [5.41, 5.74) is 10.1. The first-order valence-electron chi connectivity index (χ1n) is 26.4. The van der Waals surface area contributed by atoms with Crippen LogP contribution in [0.15, 0.2) is 60.9 Å². The van der Waals surface area contributed by atoms with Crippen LogP contribution in [-0.4, -0.2) is 82.2 Å². The first-order chi connectivity index (χ1) is 34.9. The van der Waals surface area contributed by atoms with Crippen LogP contribution in [0.5, 0.6) is 0 Å². The minimum absolute atomic E-state index is 0.000813. The van der Waals surface area contributed by atoms with E-state index >= 15 is 0 Å². The molecular formula is C57H66ClF2N11O. The largest absolute Gasteiger partial charge is 0.371 e. The average Bonchev–Trinajstić information content (AvgIpc) is 4.10. The van der Waals surface area contributed by atoms with Gasteiger partial charge in [-0.2, -0.15) is 20.7 Å². The van der Waals surface area contributed by atoms with E-state index in [0.29, 0.717) is 59.2 Å². The van der Waals surface area contributed by atoms with Gasteiger partial charge in [0.05, 0.1) is 40.6 Å². The summed E-state index contributed by atoms with van der Waals surface area (Å²) in [4.78, 5) is 24.2. The zero-order valence-corrected chi connectivity index (χ0v) is 42.7. The third-order valence-corrected chi connectivity index (χ3v) is 17.9. The Balaban J connectivity index is 0.710. The molecule has 0 N–H and O–H groups in total. The minimum atomic E-state index is -2.65. The zero-order valence-electron chi connectivity index (χ0n) is 42.0. The van der Waals surface area contributed by atoms with Crippen molar-refractivity contribution in [2.24, 2.45) is 24.3 Å². The number of anilines is 5. The van der Waals surface area contributed by atoms with E-state index in [2.05, 4.69) is 66.6 Å². The van der Waals surface area contributed by atoms with Crippen molar-refractivity contribution < 1.29 is 13.6 Å². The molecule has 1 saturated carbocycles. The number of benzene rings is 3. The van der Waals surface area contributed by atoms with Gasteiger partial charge in [-0.25, -0.2) is 8.78 Å². The predicted octanol–water partition coefficient (Wildman–Crippen LogP) is 11.5. The van der Waals surface area contributed by atoms with Gasteiger partial charge in [0.15, 0.2) is 5.82 Å². The van der Waals surface area contributed by atoms with E-state index in [1.165, 1.54) is 12.1 Å². The average molecular weight is 995 g/mol. The van der Waals surface area contributed by atoms with E-state index in [-0.39, 0.29) is 22.9 Å². The monoisotopic (exact) mass is 994 g/mol. The third kappa shape index (κ3) is 9.18. The summed E-state index contributed by atoms with van der Waals surface area (Å²) in [5.74, 6) is 2.18. The summed E-state index contributed by atoms with van der Waals surface area (Å²) in [6, 6.07) is 21.4. The maximum Gasteiger partial charge on any atom is 0.264 e. The van der Waals surface area contributed by atoms with Gasteiger partial charge in [-0.3, -0.25) is 14.2 Å². The fraction of sp³-hybridized carbons (Fsp3) is 0.526. The number of fused-ring (bicyclic) bond motifs is 2. The Labute approximate surface area is 427 Å². The lowest BCUT2D eigenvalue weighted by Crippen LogP contribution is -2.41. The van der Waals surface area contributed by atoms with E-state index in [9.17, 15) is 24.1 Å². The first-order valence-corrected chi connectivity index (χ1v) is 26.8. The quantitative estimate of drug-likeness (QED) is 0.142. The van der Waals surface area contributed by atoms with Crippen molar-refractivity contribution in [1.82, 2.24) is 24.5 Å². The molecule has 1 atom stereocenters. The van der Waals surface area contributed by atoms with Gasteiger partial charge in [-0.1, -0.05) is 11.6 Å². The van der Waals surface area contributed by atoms with E-state index in [1.807, 2.05) is 29.2 Å². The Morgan fingerprint density at radius 2 is 1.61 bits per heavy atom. The summed E-state index contributed by atoms with van der Waals surface area (Å²) in [7, 11) is 1.80. The van der Waals surface area contributed by atoms with E-state index in [4.69, 9.17) is 16.7 Å². The summed E-state index contributed by atoms with van der Waals surface area (Å²) >= 11 is 6.43. The van der Waals surface area contributed by atoms with Crippen LogP contribution in [0.4, 0.5) is 37.3 Å². The predicted molar refractivity (Wildman–Crippen MR) is 279 cm³/mol. The van der Waals surface area contributed by atoms with Gasteiger partial charge in [0, 0.05) is 118 Å². The van der Waals surface area contributed by atoms with Crippen molar-refractivity contribution in [3.8, 4) is 23.3 Å². The zero-order chi connectivity index (χ0) is 49.8. The number of amides is 1. The number of carbonyl (C=O) groups excluding carboxylic acids is 1. The second kappa shape index (κ2) is 19.7. The molecule has 0 unspecified atom stereocenters. The molecule has 0 bridgehead atoms. The lowest BCUT2D eigenvalue weighted by molar-refractivity contribution is -0.129. The molecule has 1 spiro atoms. The van der Waals surface area contributed by atoms with Crippen molar-refractivity contribution in [3.05, 3.63) is 99.5 Å². The van der Waals surface area contributed by atoms with Crippen molar-refractivity contribution in [2.45, 2.75) is 122 Å². The molecule has 72 heavy (non-hydrogen) atoms. The van der Waals surface area contributed by atoms with Crippen LogP contribution in [0.2, 0.25) is 5.02 Å². The smallest absolute Gasteiger partial charge is 0.264 e. The molecule has 11 rings (SSSR count). The van der Waals surface area contributed by atoms with Gasteiger partial charge in [-0.15, -0.1) is 0 Å². The molecule has 1 aliphatic carbocycles. The van der Waals surface area contributed by atoms with E-state index in [0.717, 1.165) is 155 Å². The van der Waals surface area contributed by atoms with Crippen LogP contribution in [0.1, 0.15) is 130 Å². The Bertz CT molecular complexity index is 2930. The number of aryl methyl sites for hydroxylation is 2. The van der Waals surface area contributed by atoms with Crippen molar-refractivity contribution in [1.29, 1.82) is 10.5 Å². The highest BCUT2D eigenvalue weighted by Crippen LogP contribution is 2.48. The minimum Gasteiger partial charge on any atom is -0.371 e. The first kappa shape index (κ1) is 48.2. The van der Waals surface area contributed by atoms with Crippen LogP contribution < -0.4 is 19.6 Å². The Morgan fingerprint density at radius 3 is 2.31 bits per heavy atom. The molecule has 3 aromatic carbocycles. The summed E-state index contributed by atoms with van der Waals surface area (Å²) < 4.78 is 33.5. The Kier molecular flexibility index (Phi) is 13.2. The molecule has 4 fully saturated rings. The lowest BCUT2D eigenvalue weighted by atomic mass is 9.76. The summed E-state index contributed by atoms with van der Waals surface area (Å²) in [6.07, 6.45) is 14.4. The molecule has 6 aliphatic rings. The second-order valence-electron chi connectivity index (χ2n) is 22.0. The number of halogens is 3. The highest BCUT2D eigenvalue weighted by atomic mass is 35.5. The van der Waals surface area contributed by atoms with Gasteiger partial charge in [-0.05, 0) is 161 Å². The molecule has 2 aromatic heterocycles. The number of alkyl halides is 2. The number of nitriles is 2. The highest BCUT2D eigenvalue weighted by molar-refractivity contribution is 6.32. The number of piperidine rings is 2. The summed E-state index contributed by atoms with van der Waals surface area (Å²) in [6.45, 7) is 10.6. The number of rotatable bonds is 9. The Hall–Kier alpha value is -6.12. The van der Waals surface area contributed by atoms with E-state index in [1.54, 1.807) is 37.1 Å². The van der Waals surface area contributed by atoms with Crippen LogP contribution in [0.3, 0.4) is 0 Å². The fourth-order valence-corrected chi connectivity index (χ4v) is 13.9. The maximum absolute atomic E-state index is 14.8. The van der Waals surface area contributed by atoms with Gasteiger partial charge in [0.1, 0.15) is 12.1 Å². The van der Waals surface area contributed by atoms with Crippen LogP contribution in [0, 0.1) is 39.9 Å². The van der Waals surface area contributed by atoms with Crippen LogP contribution >= 0.6 is 11.6 Å². The molecular weight excluding hydrogens is 928 g/mol. The standard InChI is InChI=1S/C57H66ClF2N11O/c1-37-30-57(36-70(37)47-11-8-42(31-61)51(58)28-47)17-23-66(24-18-57)46-12-13-52(43(26-46)32-62)67-20-14-40(15-21-67)25-39-6-9-45(10-7-39)71-53-16-22-68(38(2)72)35-50(53)56(64-71)69-19-4-5-41-27-48(44-33-63-65(3)34-44)49(55(59)60)29-54(41)69/h8,11-13,26-29,33-34,37,39-40,45,55H,4-7,9-10,14-25,30,35-36H2,1-3H3/t37-,39?,45?/m0/s1. The van der Waals surface area contributed by atoms with Gasteiger partial charge in [0.2, 0.25) is 5.91 Å². The second-order valence-corrected chi connectivity index (χ2v) is 22.4. The van der Waals surface area contributed by atoms with Gasteiger partial charge < -0.3 is 24.5 Å². The van der Waals surface area contributed by atoms with E-state index < -0.39 is 6.43 Å². The topological polar surface area (TPSA) is 116 Å². The maximum atomic E-state index is 14.8. The third-order valence-electron chi connectivity index (χ3n) is 17.6. The molecule has 7 heterocycles. The number of hydrogen-bond donors (Lipinski definition) is 0. The molecule has 3 saturated heterocycles. The molecule has 5 aliphatic heterocycles. The van der Waals surface area contributed by atoms with Crippen molar-refractivity contribution >= 4 is 46.1 Å². The fourth-order valence-electron chi connectivity index (χ4n) is 13.7. The van der Waals surface area contributed by atoms with Crippen LogP contribution in [0.25, 0.3) is 11.1 Å².